The van der Waals surface area contributed by atoms with Gasteiger partial charge in [-0.1, -0.05) is 6.07 Å². The van der Waals surface area contributed by atoms with Crippen LogP contribution >= 0.6 is 0 Å². The van der Waals surface area contributed by atoms with Crippen molar-refractivity contribution in [3.63, 3.8) is 0 Å². The van der Waals surface area contributed by atoms with Crippen LogP contribution in [0.2, 0.25) is 0 Å². The zero-order valence-corrected chi connectivity index (χ0v) is 18.4. The van der Waals surface area contributed by atoms with Gasteiger partial charge < -0.3 is 9.64 Å². The van der Waals surface area contributed by atoms with Crippen molar-refractivity contribution in [1.82, 2.24) is 0 Å². The summed E-state index contributed by atoms with van der Waals surface area (Å²) in [4.78, 5) is 18.4. The predicted molar refractivity (Wildman–Crippen MR) is 112 cm³/mol. The molecule has 3 rings (SSSR count). The van der Waals surface area contributed by atoms with Crippen molar-refractivity contribution in [2.75, 3.05) is 36.7 Å². The molecule has 0 N–H and O–H groups in total. The molecule has 0 spiro atoms. The number of sulfonamides is 1. The second-order valence-corrected chi connectivity index (χ2v) is 8.94. The van der Waals surface area contributed by atoms with Crippen LogP contribution in [0.4, 0.5) is 24.5 Å². The van der Waals surface area contributed by atoms with Crippen LogP contribution in [-0.4, -0.2) is 41.7 Å². The number of anilines is 2. The van der Waals surface area contributed by atoms with Gasteiger partial charge in [0.1, 0.15) is 5.69 Å². The van der Waals surface area contributed by atoms with Gasteiger partial charge in [0.2, 0.25) is 0 Å². The van der Waals surface area contributed by atoms with Crippen LogP contribution in [0.25, 0.3) is 0 Å². The Morgan fingerprint density at radius 3 is 2.31 bits per heavy atom. The van der Waals surface area contributed by atoms with E-state index in [0.29, 0.717) is 23.2 Å². The monoisotopic (exact) mass is 472 g/mol. The molecular weight excluding hydrogens is 449 g/mol. The van der Waals surface area contributed by atoms with Gasteiger partial charge in [-0.15, -0.1) is 4.47 Å². The predicted octanol–water partition coefficient (Wildman–Crippen LogP) is 4.24. The maximum absolute atomic E-state index is 13.4. The van der Waals surface area contributed by atoms with E-state index in [1.807, 2.05) is 4.90 Å². The fourth-order valence-electron chi connectivity index (χ4n) is 3.57. The summed E-state index contributed by atoms with van der Waals surface area (Å²) in [5.74, 6) is -0.751. The van der Waals surface area contributed by atoms with Crippen molar-refractivity contribution >= 4 is 27.4 Å². The Labute approximate surface area is 184 Å². The number of methoxy groups -OCH3 is 1. The fourth-order valence-corrected chi connectivity index (χ4v) is 4.89. The first-order valence-electron chi connectivity index (χ1n) is 9.83. The van der Waals surface area contributed by atoms with Gasteiger partial charge in [0.05, 0.1) is 35.9 Å². The van der Waals surface area contributed by atoms with Crippen LogP contribution in [0, 0.1) is 0 Å². The largest absolute Gasteiger partial charge is 0.465 e. The molecule has 2 aromatic rings. The number of alkyl halides is 3. The topological polar surface area (TPSA) is 76.2 Å². The van der Waals surface area contributed by atoms with Crippen LogP contribution in [0.3, 0.4) is 0 Å². The van der Waals surface area contributed by atoms with E-state index in [1.165, 1.54) is 24.3 Å². The van der Waals surface area contributed by atoms with Crippen molar-refractivity contribution in [3.05, 3.63) is 53.6 Å². The van der Waals surface area contributed by atoms with Gasteiger partial charge in [-0.05, 0) is 55.7 Å². The molecule has 32 heavy (non-hydrogen) atoms. The molecule has 1 fully saturated rings. The van der Waals surface area contributed by atoms with E-state index >= 15 is 0 Å². The average molecular weight is 472 g/mol. The standard InChI is InChI=1S/C21H23F3N2O5S/c1-30-20(27)15-7-6-8-17(13-15)32(28,29)26(31-2)19-14-16(21(22,23)24)9-10-18(19)25-11-4-3-5-12-25/h6-10,13-14H,3-5,11-12H2,1-2H3. The Bertz CT molecular complexity index is 1080. The zero-order valence-electron chi connectivity index (χ0n) is 17.6. The summed E-state index contributed by atoms with van der Waals surface area (Å²) in [6, 6.07) is 7.95. The van der Waals surface area contributed by atoms with Crippen LogP contribution in [0.5, 0.6) is 0 Å². The van der Waals surface area contributed by atoms with E-state index in [9.17, 15) is 26.4 Å². The van der Waals surface area contributed by atoms with Crippen molar-refractivity contribution in [1.29, 1.82) is 0 Å². The number of piperidine rings is 1. The normalized spacial score (nSPS) is 14.8. The maximum atomic E-state index is 13.4. The van der Waals surface area contributed by atoms with Crippen molar-refractivity contribution in [2.45, 2.75) is 30.3 Å². The summed E-state index contributed by atoms with van der Waals surface area (Å²) in [6.07, 6.45) is -2.02. The summed E-state index contributed by atoms with van der Waals surface area (Å²) in [6.45, 7) is 1.15. The molecule has 0 saturated carbocycles. The minimum atomic E-state index is -4.68. The fraction of sp³-hybridized carbons (Fsp3) is 0.381. The Hall–Kier alpha value is -2.79. The summed E-state index contributed by atoms with van der Waals surface area (Å²) in [5, 5.41) is 0. The first-order chi connectivity index (χ1) is 15.1. The Morgan fingerprint density at radius 2 is 1.72 bits per heavy atom. The molecule has 7 nitrogen and oxygen atoms in total. The lowest BCUT2D eigenvalue weighted by atomic mass is 10.1. The van der Waals surface area contributed by atoms with Crippen LogP contribution in [-0.2, 0) is 25.8 Å². The smallest absolute Gasteiger partial charge is 0.416 e. The molecule has 1 aliphatic heterocycles. The second-order valence-electron chi connectivity index (χ2n) is 7.18. The van der Waals surface area contributed by atoms with Gasteiger partial charge in [0.25, 0.3) is 10.0 Å². The summed E-state index contributed by atoms with van der Waals surface area (Å²) in [5.41, 5.74) is -0.973. The Kier molecular flexibility index (Phi) is 6.99. The van der Waals surface area contributed by atoms with E-state index in [1.54, 1.807) is 0 Å². The Balaban J connectivity index is 2.15. The highest BCUT2D eigenvalue weighted by Gasteiger charge is 2.35. The highest BCUT2D eigenvalue weighted by atomic mass is 32.2. The molecule has 0 unspecified atom stereocenters. The molecule has 0 aliphatic carbocycles. The van der Waals surface area contributed by atoms with E-state index in [0.717, 1.165) is 51.7 Å². The number of ether oxygens (including phenoxy) is 1. The number of esters is 1. The molecule has 0 amide bonds. The minimum absolute atomic E-state index is 0.0232. The van der Waals surface area contributed by atoms with Gasteiger partial charge in [-0.25, -0.2) is 4.79 Å². The molecule has 1 saturated heterocycles. The molecule has 1 aliphatic rings. The molecular formula is C21H23F3N2O5S. The summed E-state index contributed by atoms with van der Waals surface area (Å²) >= 11 is 0. The third-order valence-corrected chi connectivity index (χ3v) is 6.77. The molecule has 0 bridgehead atoms. The van der Waals surface area contributed by atoms with Crippen LogP contribution < -0.4 is 9.37 Å². The van der Waals surface area contributed by atoms with Crippen molar-refractivity contribution in [2.24, 2.45) is 0 Å². The number of rotatable bonds is 6. The van der Waals surface area contributed by atoms with Crippen LogP contribution in [0.15, 0.2) is 47.4 Å². The van der Waals surface area contributed by atoms with Gasteiger partial charge in [0.15, 0.2) is 0 Å². The SMILES string of the molecule is COC(=O)c1cccc(S(=O)(=O)N(OC)c2cc(C(F)(F)F)ccc2N2CCCCC2)c1. The lowest BCUT2D eigenvalue weighted by Crippen LogP contribution is -2.35. The van der Waals surface area contributed by atoms with E-state index in [4.69, 9.17) is 4.84 Å². The Morgan fingerprint density at radius 1 is 1.03 bits per heavy atom. The van der Waals surface area contributed by atoms with Gasteiger partial charge in [-0.3, -0.25) is 4.84 Å². The molecule has 0 radical (unpaired) electrons. The van der Waals surface area contributed by atoms with Crippen molar-refractivity contribution in [3.8, 4) is 0 Å². The number of halogens is 3. The lowest BCUT2D eigenvalue weighted by Gasteiger charge is -2.33. The second kappa shape index (κ2) is 9.37. The number of hydrogen-bond acceptors (Lipinski definition) is 6. The molecule has 11 heteroatoms. The number of hydrogen-bond donors (Lipinski definition) is 0. The molecule has 174 valence electrons. The number of carbonyl (C=O) groups excluding carboxylic acids is 1. The summed E-state index contributed by atoms with van der Waals surface area (Å²) in [7, 11) is -2.27. The number of carbonyl (C=O) groups is 1. The molecule has 1 heterocycles. The lowest BCUT2D eigenvalue weighted by molar-refractivity contribution is -0.137. The van der Waals surface area contributed by atoms with Crippen molar-refractivity contribution < 1.29 is 36.0 Å². The minimum Gasteiger partial charge on any atom is -0.465 e. The highest BCUT2D eigenvalue weighted by Crippen LogP contribution is 2.40. The molecule has 0 aromatic heterocycles. The molecule has 2 aromatic carbocycles. The highest BCUT2D eigenvalue weighted by molar-refractivity contribution is 7.92. The zero-order chi connectivity index (χ0) is 23.5. The quantitative estimate of drug-likeness (QED) is 0.463. The average Bonchev–Trinajstić information content (AvgIpc) is 2.79. The maximum Gasteiger partial charge on any atom is 0.416 e. The third-order valence-electron chi connectivity index (χ3n) is 5.13. The van der Waals surface area contributed by atoms with E-state index in [-0.39, 0.29) is 16.1 Å². The van der Waals surface area contributed by atoms with Gasteiger partial charge in [0, 0.05) is 13.1 Å². The summed E-state index contributed by atoms with van der Waals surface area (Å²) < 4.78 is 72.1. The molecule has 0 atom stereocenters. The van der Waals surface area contributed by atoms with Crippen LogP contribution in [0.1, 0.15) is 35.2 Å². The van der Waals surface area contributed by atoms with E-state index in [2.05, 4.69) is 4.74 Å². The first-order valence-corrected chi connectivity index (χ1v) is 11.3. The third kappa shape index (κ3) is 4.83. The number of benzene rings is 2. The van der Waals surface area contributed by atoms with E-state index < -0.39 is 27.7 Å². The number of nitrogens with zero attached hydrogens (tertiary/aromatic N) is 2. The van der Waals surface area contributed by atoms with Gasteiger partial charge >= 0.3 is 12.1 Å². The first kappa shape index (κ1) is 23.9. The van der Waals surface area contributed by atoms with Gasteiger partial charge in [-0.2, -0.15) is 21.6 Å².